The first-order chi connectivity index (χ1) is 7.87. The van der Waals surface area contributed by atoms with E-state index in [2.05, 4.69) is 6.58 Å². The van der Waals surface area contributed by atoms with E-state index >= 15 is 0 Å². The van der Waals surface area contributed by atoms with Gasteiger partial charge in [-0.2, -0.15) is 4.81 Å². The van der Waals surface area contributed by atoms with Crippen molar-refractivity contribution < 1.29 is 13.6 Å². The van der Waals surface area contributed by atoms with Crippen molar-refractivity contribution in [3.05, 3.63) is 48.2 Å². The van der Waals surface area contributed by atoms with Crippen LogP contribution in [0.5, 0.6) is 0 Å². The average molecular weight is 257 g/mol. The van der Waals surface area contributed by atoms with E-state index in [-0.39, 0.29) is 17.2 Å². The number of rotatable bonds is 6. The smallest absolute Gasteiger partial charge is 0.165 e. The molecule has 6 heteroatoms. The van der Waals surface area contributed by atoms with Crippen molar-refractivity contribution in [2.45, 2.75) is 0 Å². The Balaban J connectivity index is 2.72. The zero-order chi connectivity index (χ0) is 12.9. The predicted molar refractivity (Wildman–Crippen MR) is 67.1 cm³/mol. The van der Waals surface area contributed by atoms with Crippen molar-refractivity contribution >= 4 is 15.5 Å². The van der Waals surface area contributed by atoms with Gasteiger partial charge in [-0.1, -0.05) is 24.3 Å². The molecule has 0 heterocycles. The van der Waals surface area contributed by atoms with Gasteiger partial charge in [0.15, 0.2) is 15.5 Å². The fourth-order valence-electron chi connectivity index (χ4n) is 1.32. The maximum atomic E-state index is 11.8. The molecule has 94 valence electrons. The van der Waals surface area contributed by atoms with E-state index in [0.29, 0.717) is 0 Å². The van der Waals surface area contributed by atoms with Crippen LogP contribution in [0.15, 0.2) is 43.0 Å². The molecule has 0 fully saturated rings. The fourth-order valence-corrected chi connectivity index (χ4v) is 2.37. The Labute approximate surface area is 101 Å². The lowest BCUT2D eigenvalue weighted by Crippen LogP contribution is -2.43. The maximum absolute atomic E-state index is 11.8. The highest BCUT2D eigenvalue weighted by Gasteiger charge is 2.21. The highest BCUT2D eigenvalue weighted by atomic mass is 32.2. The molecular weight excluding hydrogens is 242 g/mol. The largest absolute Gasteiger partial charge is 0.593 e. The van der Waals surface area contributed by atoms with Gasteiger partial charge in [0.05, 0.1) is 5.75 Å². The molecule has 1 aromatic rings. The molecule has 0 radical (unpaired) electrons. The summed E-state index contributed by atoms with van der Waals surface area (Å²) in [4.78, 5) is -1.68. The van der Waals surface area contributed by atoms with E-state index in [1.807, 2.05) is 0 Å². The number of nitrogens with zero attached hydrogens (tertiary/aromatic N) is 1. The summed E-state index contributed by atoms with van der Waals surface area (Å²) in [5.41, 5.74) is 0.112. The minimum Gasteiger partial charge on any atom is -0.593 e. The molecule has 0 spiro atoms. The van der Waals surface area contributed by atoms with E-state index in [9.17, 15) is 18.8 Å². The van der Waals surface area contributed by atoms with Gasteiger partial charge in [-0.25, -0.2) is 13.6 Å². The van der Waals surface area contributed by atoms with Gasteiger partial charge in [0.1, 0.15) is 12.3 Å². The third-order valence-electron chi connectivity index (χ3n) is 2.24. The lowest BCUT2D eigenvalue weighted by Gasteiger charge is -2.32. The van der Waals surface area contributed by atoms with Crippen LogP contribution in [-0.2, 0) is 9.84 Å². The summed E-state index contributed by atoms with van der Waals surface area (Å²) in [5, 5.41) is 21.4. The highest BCUT2D eigenvalue weighted by molar-refractivity contribution is 7.91. The van der Waals surface area contributed by atoms with Crippen molar-refractivity contribution in [3.8, 4) is 0 Å². The molecule has 0 aliphatic rings. The Morgan fingerprint density at radius 3 is 2.47 bits per heavy atom. The van der Waals surface area contributed by atoms with Crippen LogP contribution in [0, 0.1) is 5.21 Å². The number of benzene rings is 1. The molecule has 1 unspecified atom stereocenters. The molecule has 0 aromatic heterocycles. The second kappa shape index (κ2) is 5.42. The lowest BCUT2D eigenvalue weighted by molar-refractivity contribution is -0.0256. The van der Waals surface area contributed by atoms with Gasteiger partial charge >= 0.3 is 0 Å². The Hall–Kier alpha value is -1.21. The highest BCUT2D eigenvalue weighted by Crippen LogP contribution is 2.18. The number of para-hydroxylation sites is 1. The third kappa shape index (κ3) is 4.27. The minimum absolute atomic E-state index is 0.112. The van der Waals surface area contributed by atoms with Crippen molar-refractivity contribution in [1.82, 2.24) is 4.81 Å². The van der Waals surface area contributed by atoms with Gasteiger partial charge in [0.25, 0.3) is 0 Å². The Morgan fingerprint density at radius 1 is 1.35 bits per heavy atom. The monoisotopic (exact) mass is 257 g/mol. The topological polar surface area (TPSA) is 77.4 Å². The molecule has 0 saturated heterocycles. The summed E-state index contributed by atoms with van der Waals surface area (Å²) in [5.74, 6) is -0.574. The van der Waals surface area contributed by atoms with Crippen molar-refractivity contribution in [2.75, 3.05) is 18.1 Å². The zero-order valence-electron chi connectivity index (χ0n) is 9.32. The number of quaternary nitrogens is 1. The number of sulfone groups is 1. The number of hydroxylamine groups is 2. The molecule has 0 aliphatic carbocycles. The minimum atomic E-state index is -3.37. The summed E-state index contributed by atoms with van der Waals surface area (Å²) >= 11 is 0. The quantitative estimate of drug-likeness (QED) is 0.475. The molecule has 1 atom stereocenters. The molecule has 0 amide bonds. The molecule has 1 aromatic carbocycles. The molecule has 0 saturated carbocycles. The Kier molecular flexibility index (Phi) is 4.41. The normalized spacial score (nSPS) is 15.2. The average Bonchev–Trinajstić information content (AvgIpc) is 2.28. The second-order valence-corrected chi connectivity index (χ2v) is 5.89. The van der Waals surface area contributed by atoms with Crippen LogP contribution >= 0.6 is 0 Å². The molecule has 1 N–H and O–H groups in total. The summed E-state index contributed by atoms with van der Waals surface area (Å²) in [6.45, 7) is 2.89. The lowest BCUT2D eigenvalue weighted by atomic mass is 10.3. The number of hydrogen-bond acceptors (Lipinski definition) is 4. The van der Waals surface area contributed by atoms with Crippen molar-refractivity contribution in [2.24, 2.45) is 0 Å². The maximum Gasteiger partial charge on any atom is 0.165 e. The first-order valence-corrected chi connectivity index (χ1v) is 6.88. The van der Waals surface area contributed by atoms with Crippen LogP contribution in [0.25, 0.3) is 0 Å². The van der Waals surface area contributed by atoms with Gasteiger partial charge in [0.2, 0.25) is 0 Å². The summed E-state index contributed by atoms with van der Waals surface area (Å²) < 4.78 is 22.8. The van der Waals surface area contributed by atoms with Crippen LogP contribution in [-0.4, -0.2) is 31.7 Å². The van der Waals surface area contributed by atoms with Gasteiger partial charge in [-0.15, -0.1) is 6.58 Å². The SMILES string of the molecule is C=CCS(=O)(=O)CC[N+]([O-])(O)c1ccccc1. The van der Waals surface area contributed by atoms with E-state index in [4.69, 9.17) is 0 Å². The van der Waals surface area contributed by atoms with Crippen LogP contribution < -0.4 is 4.81 Å². The van der Waals surface area contributed by atoms with Crippen LogP contribution in [0.3, 0.4) is 0 Å². The summed E-state index contributed by atoms with van der Waals surface area (Å²) in [6.07, 6.45) is 1.26. The molecule has 0 bridgehead atoms. The summed E-state index contributed by atoms with van der Waals surface area (Å²) in [6, 6.07) is 7.82. The standard InChI is InChI=1S/C11H15NO4S/c1-2-9-17(15,16)10-8-12(13,14)11-6-4-3-5-7-11/h2-7,13H,1,8-10H2. The molecule has 5 nitrogen and oxygen atoms in total. The Morgan fingerprint density at radius 2 is 1.94 bits per heavy atom. The van der Waals surface area contributed by atoms with Crippen LogP contribution in [0.2, 0.25) is 0 Å². The van der Waals surface area contributed by atoms with Gasteiger partial charge < -0.3 is 5.21 Å². The van der Waals surface area contributed by atoms with E-state index in [1.165, 1.54) is 18.2 Å². The first kappa shape index (κ1) is 13.9. The predicted octanol–water partition coefficient (Wildman–Crippen LogP) is 1.48. The van der Waals surface area contributed by atoms with E-state index in [0.717, 1.165) is 0 Å². The van der Waals surface area contributed by atoms with Crippen molar-refractivity contribution in [3.63, 3.8) is 0 Å². The molecule has 0 aliphatic heterocycles. The Bertz CT molecular complexity index is 468. The zero-order valence-corrected chi connectivity index (χ0v) is 10.1. The fraction of sp³-hybridized carbons (Fsp3) is 0.273. The van der Waals surface area contributed by atoms with Gasteiger partial charge in [-0.05, 0) is 0 Å². The molecule has 17 heavy (non-hydrogen) atoms. The third-order valence-corrected chi connectivity index (χ3v) is 3.78. The second-order valence-electron chi connectivity index (χ2n) is 3.66. The van der Waals surface area contributed by atoms with Gasteiger partial charge in [-0.3, -0.25) is 0 Å². The molecule has 1 rings (SSSR count). The van der Waals surface area contributed by atoms with E-state index < -0.39 is 21.2 Å². The first-order valence-electron chi connectivity index (χ1n) is 5.06. The van der Waals surface area contributed by atoms with Crippen molar-refractivity contribution in [1.29, 1.82) is 0 Å². The van der Waals surface area contributed by atoms with Crippen LogP contribution in [0.1, 0.15) is 0 Å². The number of hydrogen-bond donors (Lipinski definition) is 1. The van der Waals surface area contributed by atoms with Crippen LogP contribution in [0.4, 0.5) is 5.69 Å². The van der Waals surface area contributed by atoms with Gasteiger partial charge in [0, 0.05) is 12.1 Å². The molecular formula is C11H15NO4S. The van der Waals surface area contributed by atoms with E-state index in [1.54, 1.807) is 18.2 Å². The summed E-state index contributed by atoms with van der Waals surface area (Å²) in [7, 11) is -3.37.